The molecule has 1 aliphatic carbocycles. The summed E-state index contributed by atoms with van der Waals surface area (Å²) in [6.45, 7) is 0. The monoisotopic (exact) mass is 303 g/mol. The van der Waals surface area contributed by atoms with Crippen molar-refractivity contribution in [2.75, 3.05) is 0 Å². The SMILES string of the molecule is O=c1c2ccccc2cc(-c2ccccc2)n1C1CCCCC1. The maximum absolute atomic E-state index is 13.2. The van der Waals surface area contributed by atoms with E-state index in [2.05, 4.69) is 22.8 Å². The third-order valence-corrected chi connectivity index (χ3v) is 4.97. The molecular formula is C21H21NO. The highest BCUT2D eigenvalue weighted by Crippen LogP contribution is 2.32. The first kappa shape index (κ1) is 14.3. The van der Waals surface area contributed by atoms with Gasteiger partial charge in [-0.05, 0) is 35.9 Å². The number of fused-ring (bicyclic) bond motifs is 1. The van der Waals surface area contributed by atoms with Gasteiger partial charge in [-0.3, -0.25) is 4.79 Å². The van der Waals surface area contributed by atoms with Gasteiger partial charge in [0.15, 0.2) is 0 Å². The minimum Gasteiger partial charge on any atom is -0.305 e. The highest BCUT2D eigenvalue weighted by molar-refractivity contribution is 5.85. The second-order valence-corrected chi connectivity index (χ2v) is 6.45. The number of benzene rings is 2. The molecule has 0 bridgehead atoms. The standard InChI is InChI=1S/C21H21NO/c23-21-19-14-8-7-11-17(19)15-20(16-9-3-1-4-10-16)22(21)18-12-5-2-6-13-18/h1,3-4,7-11,14-15,18H,2,5-6,12-13H2. The summed E-state index contributed by atoms with van der Waals surface area (Å²) in [5.41, 5.74) is 2.34. The van der Waals surface area contributed by atoms with E-state index >= 15 is 0 Å². The molecule has 1 heterocycles. The minimum absolute atomic E-state index is 0.161. The smallest absolute Gasteiger partial charge is 0.259 e. The van der Waals surface area contributed by atoms with Crippen molar-refractivity contribution in [1.82, 2.24) is 4.57 Å². The molecule has 2 nitrogen and oxygen atoms in total. The van der Waals surface area contributed by atoms with Crippen LogP contribution in [0.25, 0.3) is 22.0 Å². The number of pyridine rings is 1. The van der Waals surface area contributed by atoms with Crippen molar-refractivity contribution >= 4 is 10.8 Å². The normalized spacial score (nSPS) is 15.8. The summed E-state index contributed by atoms with van der Waals surface area (Å²) in [6.07, 6.45) is 5.95. The van der Waals surface area contributed by atoms with Gasteiger partial charge in [0.25, 0.3) is 5.56 Å². The Morgan fingerprint density at radius 1 is 0.826 bits per heavy atom. The zero-order valence-corrected chi connectivity index (χ0v) is 13.2. The van der Waals surface area contributed by atoms with Crippen LogP contribution in [0.2, 0.25) is 0 Å². The second-order valence-electron chi connectivity index (χ2n) is 6.45. The van der Waals surface area contributed by atoms with Gasteiger partial charge in [0.2, 0.25) is 0 Å². The fourth-order valence-corrected chi connectivity index (χ4v) is 3.81. The van der Waals surface area contributed by atoms with Gasteiger partial charge in [0, 0.05) is 11.4 Å². The molecule has 2 heteroatoms. The summed E-state index contributed by atoms with van der Waals surface area (Å²) >= 11 is 0. The lowest BCUT2D eigenvalue weighted by Gasteiger charge is -2.27. The fourth-order valence-electron chi connectivity index (χ4n) is 3.81. The molecule has 0 aliphatic heterocycles. The first-order chi connectivity index (χ1) is 11.3. The predicted octanol–water partition coefficient (Wildman–Crippen LogP) is 5.17. The van der Waals surface area contributed by atoms with Gasteiger partial charge in [-0.15, -0.1) is 0 Å². The lowest BCUT2D eigenvalue weighted by molar-refractivity contribution is 0.350. The van der Waals surface area contributed by atoms with Crippen molar-refractivity contribution in [2.45, 2.75) is 38.1 Å². The molecule has 2 aromatic carbocycles. The molecule has 0 spiro atoms. The van der Waals surface area contributed by atoms with Crippen molar-refractivity contribution in [1.29, 1.82) is 0 Å². The van der Waals surface area contributed by atoms with Gasteiger partial charge in [-0.25, -0.2) is 0 Å². The highest BCUT2D eigenvalue weighted by Gasteiger charge is 2.21. The van der Waals surface area contributed by atoms with Gasteiger partial charge in [0.05, 0.1) is 5.69 Å². The van der Waals surface area contributed by atoms with Crippen LogP contribution in [0.15, 0.2) is 65.5 Å². The largest absolute Gasteiger partial charge is 0.305 e. The summed E-state index contributed by atoms with van der Waals surface area (Å²) in [7, 11) is 0. The molecule has 0 N–H and O–H groups in total. The number of aromatic nitrogens is 1. The topological polar surface area (TPSA) is 22.0 Å². The third kappa shape index (κ3) is 2.59. The van der Waals surface area contributed by atoms with Gasteiger partial charge in [-0.1, -0.05) is 67.8 Å². The van der Waals surface area contributed by atoms with Crippen LogP contribution >= 0.6 is 0 Å². The van der Waals surface area contributed by atoms with Gasteiger partial charge in [-0.2, -0.15) is 0 Å². The van der Waals surface area contributed by atoms with Crippen LogP contribution in [0.3, 0.4) is 0 Å². The molecular weight excluding hydrogens is 282 g/mol. The predicted molar refractivity (Wildman–Crippen MR) is 95.8 cm³/mol. The van der Waals surface area contributed by atoms with Crippen molar-refractivity contribution in [3.05, 3.63) is 71.0 Å². The molecule has 1 fully saturated rings. The van der Waals surface area contributed by atoms with E-state index in [1.54, 1.807) is 0 Å². The summed E-state index contributed by atoms with van der Waals surface area (Å²) in [4.78, 5) is 13.2. The highest BCUT2D eigenvalue weighted by atomic mass is 16.1. The van der Waals surface area contributed by atoms with E-state index in [1.165, 1.54) is 19.3 Å². The van der Waals surface area contributed by atoms with Gasteiger partial charge in [0.1, 0.15) is 0 Å². The van der Waals surface area contributed by atoms with Crippen LogP contribution in [0.4, 0.5) is 0 Å². The van der Waals surface area contributed by atoms with Crippen LogP contribution in [0.5, 0.6) is 0 Å². The molecule has 0 unspecified atom stereocenters. The third-order valence-electron chi connectivity index (χ3n) is 4.97. The molecule has 0 amide bonds. The van der Waals surface area contributed by atoms with Crippen LogP contribution in [-0.4, -0.2) is 4.57 Å². The molecule has 0 radical (unpaired) electrons. The van der Waals surface area contributed by atoms with Crippen LogP contribution in [-0.2, 0) is 0 Å². The summed E-state index contributed by atoms with van der Waals surface area (Å²) in [5.74, 6) is 0. The van der Waals surface area contributed by atoms with E-state index in [0.717, 1.165) is 34.9 Å². The van der Waals surface area contributed by atoms with Crippen molar-refractivity contribution in [2.24, 2.45) is 0 Å². The Balaban J connectivity index is 2.00. The maximum atomic E-state index is 13.2. The zero-order chi connectivity index (χ0) is 15.6. The van der Waals surface area contributed by atoms with E-state index in [0.29, 0.717) is 6.04 Å². The van der Waals surface area contributed by atoms with E-state index in [9.17, 15) is 4.79 Å². The van der Waals surface area contributed by atoms with E-state index in [-0.39, 0.29) is 5.56 Å². The van der Waals surface area contributed by atoms with Gasteiger partial charge < -0.3 is 4.57 Å². The average Bonchev–Trinajstić information content (AvgIpc) is 2.63. The maximum Gasteiger partial charge on any atom is 0.259 e. The van der Waals surface area contributed by atoms with Crippen molar-refractivity contribution in [3.8, 4) is 11.3 Å². The molecule has 23 heavy (non-hydrogen) atoms. The Hall–Kier alpha value is -2.35. The van der Waals surface area contributed by atoms with E-state index in [1.807, 2.05) is 42.5 Å². The van der Waals surface area contributed by atoms with Gasteiger partial charge >= 0.3 is 0 Å². The van der Waals surface area contributed by atoms with Crippen LogP contribution < -0.4 is 5.56 Å². The second kappa shape index (κ2) is 6.04. The Bertz CT molecular complexity index is 873. The molecule has 0 saturated heterocycles. The lowest BCUT2D eigenvalue weighted by Crippen LogP contribution is -2.28. The Kier molecular flexibility index (Phi) is 3.74. The molecule has 116 valence electrons. The minimum atomic E-state index is 0.161. The van der Waals surface area contributed by atoms with E-state index < -0.39 is 0 Å². The summed E-state index contributed by atoms with van der Waals surface area (Å²) in [5, 5.41) is 1.86. The molecule has 0 atom stereocenters. The molecule has 1 saturated carbocycles. The first-order valence-corrected chi connectivity index (χ1v) is 8.54. The summed E-state index contributed by atoms with van der Waals surface area (Å²) in [6, 6.07) is 20.8. The van der Waals surface area contributed by atoms with Crippen LogP contribution in [0.1, 0.15) is 38.1 Å². The molecule has 4 rings (SSSR count). The van der Waals surface area contributed by atoms with Crippen molar-refractivity contribution in [3.63, 3.8) is 0 Å². The number of hydrogen-bond donors (Lipinski definition) is 0. The zero-order valence-electron chi connectivity index (χ0n) is 13.2. The molecule has 3 aromatic rings. The van der Waals surface area contributed by atoms with Crippen molar-refractivity contribution < 1.29 is 0 Å². The van der Waals surface area contributed by atoms with Crippen LogP contribution in [0, 0.1) is 0 Å². The van der Waals surface area contributed by atoms with E-state index in [4.69, 9.17) is 0 Å². The number of hydrogen-bond acceptors (Lipinski definition) is 1. The summed E-state index contributed by atoms with van der Waals surface area (Å²) < 4.78 is 2.07. The molecule has 1 aromatic heterocycles. The Morgan fingerprint density at radius 2 is 1.52 bits per heavy atom. The first-order valence-electron chi connectivity index (χ1n) is 8.54. The lowest BCUT2D eigenvalue weighted by atomic mass is 9.94. The number of rotatable bonds is 2. The number of nitrogens with zero attached hydrogens (tertiary/aromatic N) is 1. The Labute approximate surface area is 136 Å². The fraction of sp³-hybridized carbons (Fsp3) is 0.286. The average molecular weight is 303 g/mol. The molecule has 1 aliphatic rings. The Morgan fingerprint density at radius 3 is 2.30 bits per heavy atom. The quantitative estimate of drug-likeness (QED) is 0.640.